The quantitative estimate of drug-likeness (QED) is 0.322. The molecule has 9 heteroatoms. The fourth-order valence-electron chi connectivity index (χ4n) is 4.15. The van der Waals surface area contributed by atoms with Crippen LogP contribution < -0.4 is 5.32 Å². The second-order valence-electron chi connectivity index (χ2n) is 8.83. The first kappa shape index (κ1) is 25.2. The maximum atomic E-state index is 12.7. The van der Waals surface area contributed by atoms with Gasteiger partial charge >= 0.3 is 0 Å². The number of thioether (sulfide) groups is 1. The highest BCUT2D eigenvalue weighted by Gasteiger charge is 2.32. The minimum atomic E-state index is -0.616. The molecule has 1 aromatic heterocycles. The van der Waals surface area contributed by atoms with Crippen LogP contribution in [0.1, 0.15) is 45.9 Å². The molecule has 0 unspecified atom stereocenters. The van der Waals surface area contributed by atoms with Crippen LogP contribution in [0.15, 0.2) is 90.3 Å². The maximum absolute atomic E-state index is 12.7. The summed E-state index contributed by atoms with van der Waals surface area (Å²) < 4.78 is 14.7. The molecule has 0 saturated carbocycles. The lowest BCUT2D eigenvalue weighted by atomic mass is 10.0. The Bertz CT molecular complexity index is 1330. The van der Waals surface area contributed by atoms with E-state index in [9.17, 15) is 9.90 Å². The largest absolute Gasteiger partial charge is 0.392 e. The first-order valence-corrected chi connectivity index (χ1v) is 13.0. The van der Waals surface area contributed by atoms with Gasteiger partial charge in [-0.25, -0.2) is 0 Å². The summed E-state index contributed by atoms with van der Waals surface area (Å²) in [6.45, 7) is -0.00397. The van der Waals surface area contributed by atoms with Crippen molar-refractivity contribution in [2.75, 3.05) is 11.1 Å². The Hall–Kier alpha value is -3.50. The number of hydrogen-bond acceptors (Lipinski definition) is 7. The number of anilines is 1. The number of ether oxygens (including phenoxy) is 2. The van der Waals surface area contributed by atoms with Crippen molar-refractivity contribution < 1.29 is 19.4 Å². The number of hydrogen-bond donors (Lipinski definition) is 2. The third-order valence-electron chi connectivity index (χ3n) is 6.14. The van der Waals surface area contributed by atoms with Crippen molar-refractivity contribution in [1.29, 1.82) is 0 Å². The molecule has 1 aliphatic heterocycles. The average molecular weight is 517 g/mol. The molecule has 190 valence electrons. The number of benzene rings is 3. The third kappa shape index (κ3) is 6.26. The van der Waals surface area contributed by atoms with Gasteiger partial charge in [-0.05, 0) is 35.4 Å². The molecule has 0 spiro atoms. The molecule has 0 radical (unpaired) electrons. The van der Waals surface area contributed by atoms with E-state index in [-0.39, 0.29) is 24.7 Å². The average Bonchev–Trinajstić information content (AvgIpc) is 3.37. The summed E-state index contributed by atoms with van der Waals surface area (Å²) in [6, 6.07) is 24.4. The molecule has 2 heterocycles. The van der Waals surface area contributed by atoms with E-state index in [0.717, 1.165) is 21.8 Å². The van der Waals surface area contributed by atoms with Crippen LogP contribution in [-0.4, -0.2) is 37.6 Å². The molecule has 4 aromatic rings. The zero-order valence-electron chi connectivity index (χ0n) is 20.4. The molecule has 0 bridgehead atoms. The topological polar surface area (TPSA) is 98.5 Å². The van der Waals surface area contributed by atoms with Crippen molar-refractivity contribution in [2.24, 2.45) is 7.05 Å². The summed E-state index contributed by atoms with van der Waals surface area (Å²) >= 11 is 1.59. The standard InChI is InChI=1S/C28H28N4O4S/c1-32-18-29-31-28(32)37-17-24-15-25(20-12-10-19(16-33)11-13-20)36-27(35-24)22-8-5-9-23(14-22)30-26(34)21-6-3-2-4-7-21/h2-14,18,24-25,27,33H,15-17H2,1H3,(H,30,34)/t24-,25+,27+/m1/s1. The van der Waals surface area contributed by atoms with Crippen LogP contribution in [0.25, 0.3) is 0 Å². The number of carbonyl (C=O) groups is 1. The van der Waals surface area contributed by atoms with Crippen LogP contribution in [0.3, 0.4) is 0 Å². The summed E-state index contributed by atoms with van der Waals surface area (Å²) in [7, 11) is 1.91. The molecule has 2 N–H and O–H groups in total. The molecule has 0 aliphatic carbocycles. The van der Waals surface area contributed by atoms with Gasteiger partial charge in [0, 0.05) is 36.0 Å². The number of aliphatic hydroxyl groups is 1. The number of carbonyl (C=O) groups excluding carboxylic acids is 1. The van der Waals surface area contributed by atoms with Gasteiger partial charge in [-0.2, -0.15) is 0 Å². The van der Waals surface area contributed by atoms with Gasteiger partial charge in [0.05, 0.1) is 18.8 Å². The van der Waals surface area contributed by atoms with Crippen molar-refractivity contribution in [1.82, 2.24) is 14.8 Å². The van der Waals surface area contributed by atoms with Gasteiger partial charge < -0.3 is 24.5 Å². The summed E-state index contributed by atoms with van der Waals surface area (Å²) in [4.78, 5) is 12.7. The smallest absolute Gasteiger partial charge is 0.255 e. The van der Waals surface area contributed by atoms with Crippen molar-refractivity contribution in [3.05, 3.63) is 107 Å². The van der Waals surface area contributed by atoms with Crippen LogP contribution >= 0.6 is 11.8 Å². The van der Waals surface area contributed by atoms with Crippen LogP contribution in [-0.2, 0) is 23.1 Å². The Balaban J connectivity index is 1.35. The predicted molar refractivity (Wildman–Crippen MR) is 141 cm³/mol. The van der Waals surface area contributed by atoms with E-state index in [0.29, 0.717) is 23.4 Å². The predicted octanol–water partition coefficient (Wildman–Crippen LogP) is 4.90. The highest BCUT2D eigenvalue weighted by Crippen LogP contribution is 2.39. The Kier molecular flexibility index (Phi) is 7.96. The summed E-state index contributed by atoms with van der Waals surface area (Å²) in [5, 5.41) is 21.3. The molecule has 1 fully saturated rings. The van der Waals surface area contributed by atoms with Crippen molar-refractivity contribution in [3.8, 4) is 0 Å². The van der Waals surface area contributed by atoms with E-state index in [2.05, 4.69) is 15.5 Å². The normalized spacial score (nSPS) is 19.5. The van der Waals surface area contributed by atoms with Crippen LogP contribution in [0, 0.1) is 0 Å². The van der Waals surface area contributed by atoms with Gasteiger partial charge in [-0.1, -0.05) is 66.4 Å². The summed E-state index contributed by atoms with van der Waals surface area (Å²) in [6.07, 6.45) is 1.43. The SMILES string of the molecule is Cn1cnnc1SC[C@H]1C[C@@H](c2ccc(CO)cc2)O[C@@H](c2cccc(NC(=O)c3ccccc3)c2)O1. The van der Waals surface area contributed by atoms with Gasteiger partial charge in [-0.3, -0.25) is 4.79 Å². The van der Waals surface area contributed by atoms with Crippen LogP contribution in [0.2, 0.25) is 0 Å². The van der Waals surface area contributed by atoms with Crippen molar-refractivity contribution in [2.45, 2.75) is 36.7 Å². The Labute approximate surface area is 219 Å². The third-order valence-corrected chi connectivity index (χ3v) is 7.30. The molecular weight excluding hydrogens is 488 g/mol. The minimum absolute atomic E-state index is 0.00397. The van der Waals surface area contributed by atoms with Crippen molar-refractivity contribution >= 4 is 23.4 Å². The van der Waals surface area contributed by atoms with E-state index in [1.807, 2.05) is 78.3 Å². The zero-order valence-corrected chi connectivity index (χ0v) is 21.2. The molecule has 3 atom stereocenters. The van der Waals surface area contributed by atoms with Gasteiger partial charge in [0.15, 0.2) is 11.4 Å². The maximum Gasteiger partial charge on any atom is 0.255 e. The second-order valence-corrected chi connectivity index (χ2v) is 9.82. The molecule has 3 aromatic carbocycles. The lowest BCUT2D eigenvalue weighted by Crippen LogP contribution is -2.31. The van der Waals surface area contributed by atoms with Crippen molar-refractivity contribution in [3.63, 3.8) is 0 Å². The summed E-state index contributed by atoms with van der Waals surface area (Å²) in [5.41, 5.74) is 3.94. The van der Waals surface area contributed by atoms with Crippen LogP contribution in [0.4, 0.5) is 5.69 Å². The van der Waals surface area contributed by atoms with Gasteiger partial charge in [0.25, 0.3) is 5.91 Å². The number of nitrogens with one attached hydrogen (secondary N) is 1. The monoisotopic (exact) mass is 516 g/mol. The van der Waals surface area contributed by atoms with E-state index >= 15 is 0 Å². The first-order valence-electron chi connectivity index (χ1n) is 12.0. The number of aryl methyl sites for hydroxylation is 1. The Morgan fingerprint density at radius 2 is 1.86 bits per heavy atom. The van der Waals surface area contributed by atoms with Crippen LogP contribution in [0.5, 0.6) is 0 Å². The van der Waals surface area contributed by atoms with Gasteiger partial charge in [-0.15, -0.1) is 10.2 Å². The molecular formula is C28H28N4O4S. The van der Waals surface area contributed by atoms with E-state index < -0.39 is 6.29 Å². The fraction of sp³-hybridized carbons (Fsp3) is 0.250. The van der Waals surface area contributed by atoms with Gasteiger partial charge in [0.2, 0.25) is 0 Å². The molecule has 1 amide bonds. The lowest BCUT2D eigenvalue weighted by Gasteiger charge is -2.36. The molecule has 1 aliphatic rings. The number of nitrogens with zero attached hydrogens (tertiary/aromatic N) is 3. The Morgan fingerprint density at radius 1 is 1.05 bits per heavy atom. The van der Waals surface area contributed by atoms with E-state index in [4.69, 9.17) is 9.47 Å². The molecule has 8 nitrogen and oxygen atoms in total. The first-order chi connectivity index (χ1) is 18.1. The molecule has 1 saturated heterocycles. The number of aromatic nitrogens is 3. The highest BCUT2D eigenvalue weighted by atomic mass is 32.2. The lowest BCUT2D eigenvalue weighted by molar-refractivity contribution is -0.245. The number of aliphatic hydroxyl groups excluding tert-OH is 1. The fourth-order valence-corrected chi connectivity index (χ4v) is 5.05. The second kappa shape index (κ2) is 11.7. The minimum Gasteiger partial charge on any atom is -0.392 e. The zero-order chi connectivity index (χ0) is 25.6. The Morgan fingerprint density at radius 3 is 2.59 bits per heavy atom. The van der Waals surface area contributed by atoms with E-state index in [1.165, 1.54) is 0 Å². The summed E-state index contributed by atoms with van der Waals surface area (Å²) in [5.74, 6) is 0.505. The number of amides is 1. The molecule has 5 rings (SSSR count). The van der Waals surface area contributed by atoms with E-state index in [1.54, 1.807) is 30.2 Å². The highest BCUT2D eigenvalue weighted by molar-refractivity contribution is 7.99. The number of rotatable bonds is 8. The van der Waals surface area contributed by atoms with Gasteiger partial charge in [0.1, 0.15) is 6.33 Å². The molecule has 37 heavy (non-hydrogen) atoms.